The molecule has 1 nitrogen and oxygen atoms in total. The molecule has 84 valence electrons. The van der Waals surface area contributed by atoms with E-state index in [0.29, 0.717) is 17.7 Å². The molecule has 15 heavy (non-hydrogen) atoms. The minimum absolute atomic E-state index is 0.230. The van der Waals surface area contributed by atoms with E-state index in [1.54, 1.807) is 6.92 Å². The number of aryl methyl sites for hydroxylation is 1. The average Bonchev–Trinajstić information content (AvgIpc) is 2.22. The van der Waals surface area contributed by atoms with Gasteiger partial charge in [0.25, 0.3) is 0 Å². The van der Waals surface area contributed by atoms with E-state index in [1.807, 2.05) is 19.9 Å². The molecule has 0 saturated heterocycles. The predicted octanol–water partition coefficient (Wildman–Crippen LogP) is 3.60. The molecule has 0 saturated carbocycles. The standard InChI is InChI=1S/C12H17F2N/c1-4-10(7-13)15-11-5-8(2)9(3)12(14)6-11/h5-6,10,15H,4,7H2,1-3H3. The van der Waals surface area contributed by atoms with Gasteiger partial charge in [0.15, 0.2) is 0 Å². The van der Waals surface area contributed by atoms with E-state index in [2.05, 4.69) is 5.32 Å². The van der Waals surface area contributed by atoms with Crippen LogP contribution < -0.4 is 5.32 Å². The lowest BCUT2D eigenvalue weighted by atomic mass is 10.1. The molecule has 1 N–H and O–H groups in total. The third-order valence-electron chi connectivity index (χ3n) is 2.65. The van der Waals surface area contributed by atoms with E-state index in [9.17, 15) is 8.78 Å². The van der Waals surface area contributed by atoms with Crippen molar-refractivity contribution < 1.29 is 8.78 Å². The van der Waals surface area contributed by atoms with E-state index in [-0.39, 0.29) is 11.9 Å². The molecule has 0 heterocycles. The van der Waals surface area contributed by atoms with Crippen LogP contribution in [0.2, 0.25) is 0 Å². The summed E-state index contributed by atoms with van der Waals surface area (Å²) < 4.78 is 25.8. The lowest BCUT2D eigenvalue weighted by Gasteiger charge is -2.16. The smallest absolute Gasteiger partial charge is 0.128 e. The van der Waals surface area contributed by atoms with Crippen molar-refractivity contribution in [1.29, 1.82) is 0 Å². The third-order valence-corrected chi connectivity index (χ3v) is 2.65. The molecular weight excluding hydrogens is 196 g/mol. The molecule has 3 heteroatoms. The quantitative estimate of drug-likeness (QED) is 0.805. The second-order valence-corrected chi connectivity index (χ2v) is 3.80. The lowest BCUT2D eigenvalue weighted by molar-refractivity contribution is 0.438. The highest BCUT2D eigenvalue weighted by Crippen LogP contribution is 2.19. The van der Waals surface area contributed by atoms with Gasteiger partial charge in [-0.05, 0) is 43.5 Å². The van der Waals surface area contributed by atoms with Crippen LogP contribution in [-0.4, -0.2) is 12.7 Å². The van der Waals surface area contributed by atoms with Crippen LogP contribution in [0.4, 0.5) is 14.5 Å². The first-order chi connectivity index (χ1) is 7.08. The van der Waals surface area contributed by atoms with Crippen LogP contribution >= 0.6 is 0 Å². The van der Waals surface area contributed by atoms with Gasteiger partial charge in [-0.2, -0.15) is 0 Å². The monoisotopic (exact) mass is 213 g/mol. The number of benzene rings is 1. The number of nitrogens with one attached hydrogen (secondary N) is 1. The van der Waals surface area contributed by atoms with Crippen LogP contribution in [0.5, 0.6) is 0 Å². The van der Waals surface area contributed by atoms with Gasteiger partial charge in [-0.15, -0.1) is 0 Å². The van der Waals surface area contributed by atoms with Gasteiger partial charge in [-0.3, -0.25) is 0 Å². The Kier molecular flexibility index (Phi) is 4.06. The highest BCUT2D eigenvalue weighted by atomic mass is 19.1. The number of hydrogen-bond donors (Lipinski definition) is 1. The fourth-order valence-corrected chi connectivity index (χ4v) is 1.39. The number of hydrogen-bond acceptors (Lipinski definition) is 1. The summed E-state index contributed by atoms with van der Waals surface area (Å²) in [6.07, 6.45) is 0.686. The topological polar surface area (TPSA) is 12.0 Å². The number of alkyl halides is 1. The molecule has 0 aliphatic rings. The first-order valence-corrected chi connectivity index (χ1v) is 5.17. The van der Waals surface area contributed by atoms with E-state index < -0.39 is 6.67 Å². The van der Waals surface area contributed by atoms with E-state index in [1.165, 1.54) is 6.07 Å². The number of rotatable bonds is 4. The number of anilines is 1. The third kappa shape index (κ3) is 2.91. The highest BCUT2D eigenvalue weighted by Gasteiger charge is 2.08. The van der Waals surface area contributed by atoms with Crippen molar-refractivity contribution in [1.82, 2.24) is 0 Å². The van der Waals surface area contributed by atoms with Gasteiger partial charge in [0.1, 0.15) is 12.5 Å². The van der Waals surface area contributed by atoms with E-state index >= 15 is 0 Å². The van der Waals surface area contributed by atoms with Gasteiger partial charge in [-0.25, -0.2) is 8.78 Å². The van der Waals surface area contributed by atoms with Crippen molar-refractivity contribution in [2.24, 2.45) is 0 Å². The van der Waals surface area contributed by atoms with Crippen LogP contribution in [0.3, 0.4) is 0 Å². The fourth-order valence-electron chi connectivity index (χ4n) is 1.39. The van der Waals surface area contributed by atoms with Crippen LogP contribution in [0.25, 0.3) is 0 Å². The zero-order valence-corrected chi connectivity index (χ0v) is 9.40. The highest BCUT2D eigenvalue weighted by molar-refractivity contribution is 5.49. The summed E-state index contributed by atoms with van der Waals surface area (Å²) in [6, 6.07) is 3.03. The Labute approximate surface area is 89.5 Å². The summed E-state index contributed by atoms with van der Waals surface area (Å²) in [5, 5.41) is 2.97. The van der Waals surface area contributed by atoms with Gasteiger partial charge >= 0.3 is 0 Å². The molecule has 0 spiro atoms. The van der Waals surface area contributed by atoms with Crippen LogP contribution in [0.15, 0.2) is 12.1 Å². The molecule has 0 aliphatic heterocycles. The maximum atomic E-state index is 13.4. The van der Waals surface area contributed by atoms with Crippen LogP contribution in [0, 0.1) is 19.7 Å². The van der Waals surface area contributed by atoms with Gasteiger partial charge in [0.2, 0.25) is 0 Å². The maximum Gasteiger partial charge on any atom is 0.128 e. The molecule has 0 amide bonds. The predicted molar refractivity (Wildman–Crippen MR) is 59.6 cm³/mol. The molecule has 1 aromatic rings. The van der Waals surface area contributed by atoms with Gasteiger partial charge in [-0.1, -0.05) is 6.92 Å². The van der Waals surface area contributed by atoms with Crippen molar-refractivity contribution in [2.75, 3.05) is 12.0 Å². The molecular formula is C12H17F2N. The summed E-state index contributed by atoms with van der Waals surface area (Å²) in [6.45, 7) is 5.04. The minimum Gasteiger partial charge on any atom is -0.380 e. The molecule has 0 bridgehead atoms. The van der Waals surface area contributed by atoms with Crippen molar-refractivity contribution in [3.8, 4) is 0 Å². The van der Waals surface area contributed by atoms with Gasteiger partial charge < -0.3 is 5.32 Å². The lowest BCUT2D eigenvalue weighted by Crippen LogP contribution is -2.20. The SMILES string of the molecule is CCC(CF)Nc1cc(C)c(C)c(F)c1. The second kappa shape index (κ2) is 5.10. The summed E-state index contributed by atoms with van der Waals surface area (Å²) in [5.41, 5.74) is 2.18. The fraction of sp³-hybridized carbons (Fsp3) is 0.500. The Balaban J connectivity index is 2.87. The second-order valence-electron chi connectivity index (χ2n) is 3.80. The first-order valence-electron chi connectivity index (χ1n) is 5.17. The van der Waals surface area contributed by atoms with Crippen molar-refractivity contribution in [3.63, 3.8) is 0 Å². The maximum absolute atomic E-state index is 13.4. The molecule has 0 fully saturated rings. The van der Waals surface area contributed by atoms with E-state index in [4.69, 9.17) is 0 Å². The molecule has 1 rings (SSSR count). The summed E-state index contributed by atoms with van der Waals surface area (Å²) in [5.74, 6) is -0.244. The van der Waals surface area contributed by atoms with Crippen LogP contribution in [0.1, 0.15) is 24.5 Å². The normalized spacial score (nSPS) is 12.6. The van der Waals surface area contributed by atoms with Crippen molar-refractivity contribution in [2.45, 2.75) is 33.2 Å². The Morgan fingerprint density at radius 3 is 2.47 bits per heavy atom. The van der Waals surface area contributed by atoms with Crippen LogP contribution in [-0.2, 0) is 0 Å². The number of halogens is 2. The summed E-state index contributed by atoms with van der Waals surface area (Å²) in [4.78, 5) is 0. The molecule has 0 radical (unpaired) electrons. The van der Waals surface area contributed by atoms with Gasteiger partial charge in [0, 0.05) is 5.69 Å². The van der Waals surface area contributed by atoms with Crippen molar-refractivity contribution >= 4 is 5.69 Å². The molecule has 0 aromatic heterocycles. The Morgan fingerprint density at radius 2 is 2.00 bits per heavy atom. The molecule has 1 unspecified atom stereocenters. The Morgan fingerprint density at radius 1 is 1.33 bits per heavy atom. The van der Waals surface area contributed by atoms with Crippen molar-refractivity contribution in [3.05, 3.63) is 29.1 Å². The summed E-state index contributed by atoms with van der Waals surface area (Å²) >= 11 is 0. The largest absolute Gasteiger partial charge is 0.380 e. The molecule has 0 aliphatic carbocycles. The minimum atomic E-state index is -0.439. The molecule has 1 atom stereocenters. The Hall–Kier alpha value is -1.12. The summed E-state index contributed by atoms with van der Waals surface area (Å²) in [7, 11) is 0. The zero-order valence-electron chi connectivity index (χ0n) is 9.40. The van der Waals surface area contributed by atoms with Gasteiger partial charge in [0.05, 0.1) is 6.04 Å². The molecule has 1 aromatic carbocycles. The Bertz CT molecular complexity index is 309. The average molecular weight is 213 g/mol. The first kappa shape index (κ1) is 12.0. The zero-order chi connectivity index (χ0) is 11.4. The van der Waals surface area contributed by atoms with E-state index in [0.717, 1.165) is 5.56 Å².